The molecule has 1 aromatic rings. The van der Waals surface area contributed by atoms with Crippen LogP contribution in [0.2, 0.25) is 0 Å². The lowest BCUT2D eigenvalue weighted by molar-refractivity contribution is -0.139. The third kappa shape index (κ3) is 4.76. The molecular weight excluding hydrogens is 375 g/mol. The van der Waals surface area contributed by atoms with Gasteiger partial charge in [0.05, 0.1) is 18.2 Å². The van der Waals surface area contributed by atoms with Gasteiger partial charge >= 0.3 is 12.0 Å². The second-order valence-electron chi connectivity index (χ2n) is 7.29. The van der Waals surface area contributed by atoms with E-state index in [1.54, 1.807) is 26.1 Å². The Kier molecular flexibility index (Phi) is 6.87. The molecule has 0 saturated carbocycles. The van der Waals surface area contributed by atoms with E-state index in [-0.39, 0.29) is 12.6 Å². The van der Waals surface area contributed by atoms with Crippen molar-refractivity contribution < 1.29 is 18.7 Å². The fraction of sp³-hybridized carbons (Fsp3) is 0.524. The maximum Gasteiger partial charge on any atom is 0.338 e. The molecule has 8 heteroatoms. The molecule has 0 bridgehead atoms. The van der Waals surface area contributed by atoms with E-state index in [0.29, 0.717) is 23.4 Å². The molecule has 1 saturated heterocycles. The Morgan fingerprint density at radius 2 is 1.90 bits per heavy atom. The quantitative estimate of drug-likeness (QED) is 0.735. The largest absolute Gasteiger partial charge is 0.463 e. The van der Waals surface area contributed by atoms with Crippen LogP contribution in [-0.2, 0) is 9.53 Å². The molecule has 2 heterocycles. The summed E-state index contributed by atoms with van der Waals surface area (Å²) in [5, 5.41) is 2.82. The van der Waals surface area contributed by atoms with Gasteiger partial charge in [-0.25, -0.2) is 14.0 Å². The molecule has 1 N–H and O–H groups in total. The first-order chi connectivity index (χ1) is 13.9. The number of esters is 1. The molecule has 1 atom stereocenters. The lowest BCUT2D eigenvalue weighted by Gasteiger charge is -2.39. The van der Waals surface area contributed by atoms with Crippen LogP contribution in [0.3, 0.4) is 0 Å². The highest BCUT2D eigenvalue weighted by molar-refractivity contribution is 5.95. The van der Waals surface area contributed by atoms with Crippen molar-refractivity contribution in [1.82, 2.24) is 20.0 Å². The molecule has 2 amide bonds. The number of likely N-dealkylation sites (N-methyl/N-ethyl adjacent to an activating group) is 2. The van der Waals surface area contributed by atoms with Crippen LogP contribution in [0.4, 0.5) is 9.18 Å². The number of hydrogen-bond acceptors (Lipinski definition) is 5. The number of nitrogens with zero attached hydrogens (tertiary/aromatic N) is 3. The van der Waals surface area contributed by atoms with Gasteiger partial charge < -0.3 is 15.0 Å². The average Bonchev–Trinajstić information content (AvgIpc) is 2.72. The lowest BCUT2D eigenvalue weighted by atomic mass is 9.94. The molecular formula is C21H29FN4O3. The summed E-state index contributed by atoms with van der Waals surface area (Å²) < 4.78 is 19.1. The van der Waals surface area contributed by atoms with Crippen molar-refractivity contribution in [3.63, 3.8) is 0 Å². The highest BCUT2D eigenvalue weighted by atomic mass is 19.1. The summed E-state index contributed by atoms with van der Waals surface area (Å²) in [6.07, 6.45) is 0. The normalized spacial score (nSPS) is 21.3. The van der Waals surface area contributed by atoms with Crippen LogP contribution in [0.5, 0.6) is 0 Å². The van der Waals surface area contributed by atoms with Crippen LogP contribution < -0.4 is 5.32 Å². The Labute approximate surface area is 171 Å². The van der Waals surface area contributed by atoms with Crippen LogP contribution >= 0.6 is 0 Å². The number of nitrogens with one attached hydrogen (secondary N) is 1. The van der Waals surface area contributed by atoms with Gasteiger partial charge in [0.25, 0.3) is 0 Å². The van der Waals surface area contributed by atoms with Crippen molar-refractivity contribution >= 4 is 12.0 Å². The Hall–Kier alpha value is -2.45. The average molecular weight is 404 g/mol. The number of piperazine rings is 1. The van der Waals surface area contributed by atoms with E-state index >= 15 is 0 Å². The van der Waals surface area contributed by atoms with Gasteiger partial charge in [-0.1, -0.05) is 19.1 Å². The predicted octanol–water partition coefficient (Wildman–Crippen LogP) is 1.98. The van der Waals surface area contributed by atoms with E-state index in [1.165, 1.54) is 17.0 Å². The monoisotopic (exact) mass is 404 g/mol. The molecule has 0 aromatic heterocycles. The van der Waals surface area contributed by atoms with E-state index in [9.17, 15) is 14.0 Å². The molecule has 29 heavy (non-hydrogen) atoms. The summed E-state index contributed by atoms with van der Waals surface area (Å²) in [4.78, 5) is 31.6. The Morgan fingerprint density at radius 1 is 1.21 bits per heavy atom. The number of amides is 2. The fourth-order valence-electron chi connectivity index (χ4n) is 3.81. The number of ether oxygens (including phenoxy) is 1. The first-order valence-corrected chi connectivity index (χ1v) is 10.1. The standard InChI is InChI=1S/C21H29FN4O3/c1-4-25-9-11-26(12-10-25)14-17-18(20(27)29-5-2)19(23-21(28)24(17)3)15-7-6-8-16(22)13-15/h6-8,13,19H,4-5,9-12,14H2,1-3H3,(H,23,28). The van der Waals surface area contributed by atoms with Crippen LogP contribution in [0.1, 0.15) is 25.5 Å². The Balaban J connectivity index is 1.98. The minimum Gasteiger partial charge on any atom is -0.463 e. The summed E-state index contributed by atoms with van der Waals surface area (Å²) in [6.45, 7) is 9.17. The molecule has 0 radical (unpaired) electrons. The lowest BCUT2D eigenvalue weighted by Crippen LogP contribution is -2.52. The zero-order valence-electron chi connectivity index (χ0n) is 17.3. The van der Waals surface area contributed by atoms with Crippen LogP contribution in [0.15, 0.2) is 35.5 Å². The highest BCUT2D eigenvalue weighted by Crippen LogP contribution is 2.31. The number of halogens is 1. The molecule has 1 unspecified atom stereocenters. The maximum absolute atomic E-state index is 13.8. The molecule has 0 aliphatic carbocycles. The topological polar surface area (TPSA) is 65.1 Å². The number of rotatable bonds is 6. The molecule has 2 aliphatic heterocycles. The summed E-state index contributed by atoms with van der Waals surface area (Å²) in [5.41, 5.74) is 1.48. The number of carbonyl (C=O) groups is 2. The van der Waals surface area contributed by atoms with E-state index in [4.69, 9.17) is 4.74 Å². The fourth-order valence-corrected chi connectivity index (χ4v) is 3.81. The summed E-state index contributed by atoms with van der Waals surface area (Å²) >= 11 is 0. The Bertz CT molecular complexity index is 790. The molecule has 158 valence electrons. The van der Waals surface area contributed by atoms with Crippen molar-refractivity contribution in [2.75, 3.05) is 52.9 Å². The van der Waals surface area contributed by atoms with Gasteiger partial charge in [-0.2, -0.15) is 0 Å². The van der Waals surface area contributed by atoms with Gasteiger partial charge in [-0.05, 0) is 31.2 Å². The van der Waals surface area contributed by atoms with Crippen LogP contribution in [0.25, 0.3) is 0 Å². The van der Waals surface area contributed by atoms with Crippen molar-refractivity contribution in [3.8, 4) is 0 Å². The molecule has 1 fully saturated rings. The predicted molar refractivity (Wildman–Crippen MR) is 108 cm³/mol. The number of hydrogen-bond donors (Lipinski definition) is 1. The van der Waals surface area contributed by atoms with E-state index in [2.05, 4.69) is 22.0 Å². The molecule has 2 aliphatic rings. The van der Waals surface area contributed by atoms with Gasteiger partial charge in [0.1, 0.15) is 5.82 Å². The van der Waals surface area contributed by atoms with Crippen molar-refractivity contribution in [3.05, 3.63) is 46.9 Å². The van der Waals surface area contributed by atoms with Crippen LogP contribution in [0, 0.1) is 5.82 Å². The van der Waals surface area contributed by atoms with E-state index in [0.717, 1.165) is 32.7 Å². The van der Waals surface area contributed by atoms with E-state index in [1.807, 2.05) is 0 Å². The molecule has 1 aromatic carbocycles. The smallest absolute Gasteiger partial charge is 0.338 e. The SMILES string of the molecule is CCOC(=O)C1=C(CN2CCN(CC)CC2)N(C)C(=O)NC1c1cccc(F)c1. The zero-order chi connectivity index (χ0) is 21.0. The molecule has 0 spiro atoms. The summed E-state index contributed by atoms with van der Waals surface area (Å²) in [5.74, 6) is -0.910. The van der Waals surface area contributed by atoms with Gasteiger partial charge in [0.2, 0.25) is 0 Å². The Morgan fingerprint density at radius 3 is 2.52 bits per heavy atom. The van der Waals surface area contributed by atoms with Gasteiger partial charge in [0, 0.05) is 45.5 Å². The highest BCUT2D eigenvalue weighted by Gasteiger charge is 2.37. The minimum atomic E-state index is -0.750. The molecule has 3 rings (SSSR count). The van der Waals surface area contributed by atoms with Crippen LogP contribution in [-0.4, -0.2) is 79.6 Å². The second kappa shape index (κ2) is 9.37. The minimum absolute atomic E-state index is 0.221. The first-order valence-electron chi connectivity index (χ1n) is 10.1. The number of carbonyl (C=O) groups excluding carboxylic acids is 2. The van der Waals surface area contributed by atoms with E-state index < -0.39 is 17.8 Å². The van der Waals surface area contributed by atoms with Crippen molar-refractivity contribution in [2.45, 2.75) is 19.9 Å². The van der Waals surface area contributed by atoms with Gasteiger partial charge in [0.15, 0.2) is 0 Å². The molecule has 7 nitrogen and oxygen atoms in total. The van der Waals surface area contributed by atoms with Crippen molar-refractivity contribution in [2.24, 2.45) is 0 Å². The van der Waals surface area contributed by atoms with Gasteiger partial charge in [-0.15, -0.1) is 0 Å². The maximum atomic E-state index is 13.8. The first kappa shape index (κ1) is 21.3. The third-order valence-electron chi connectivity index (χ3n) is 5.54. The van der Waals surface area contributed by atoms with Gasteiger partial charge in [-0.3, -0.25) is 9.80 Å². The number of benzene rings is 1. The zero-order valence-corrected chi connectivity index (χ0v) is 17.3. The van der Waals surface area contributed by atoms with Crippen molar-refractivity contribution in [1.29, 1.82) is 0 Å². The summed E-state index contributed by atoms with van der Waals surface area (Å²) in [7, 11) is 1.65. The third-order valence-corrected chi connectivity index (χ3v) is 5.54. The number of urea groups is 1. The second-order valence-corrected chi connectivity index (χ2v) is 7.29. The summed E-state index contributed by atoms with van der Waals surface area (Å²) in [6, 6.07) is 4.88.